The summed E-state index contributed by atoms with van der Waals surface area (Å²) in [6.07, 6.45) is -3.12. The number of hydrogen-bond donors (Lipinski definition) is 1. The van der Waals surface area contributed by atoms with E-state index >= 15 is 0 Å². The Labute approximate surface area is 203 Å². The molecule has 188 valence electrons. The normalized spacial score (nSPS) is 16.3. The van der Waals surface area contributed by atoms with Crippen LogP contribution in [-0.4, -0.2) is 28.0 Å². The van der Waals surface area contributed by atoms with Gasteiger partial charge >= 0.3 is 6.18 Å². The summed E-state index contributed by atoms with van der Waals surface area (Å²) in [5.41, 5.74) is 1.36. The summed E-state index contributed by atoms with van der Waals surface area (Å²) >= 11 is 6.40. The highest BCUT2D eigenvalue weighted by Crippen LogP contribution is 2.43. The number of pyridine rings is 1. The number of methoxy groups -OCH3 is 1. The molecule has 1 aliphatic carbocycles. The molecule has 1 fully saturated rings. The van der Waals surface area contributed by atoms with E-state index in [0.717, 1.165) is 17.8 Å². The molecule has 0 amide bonds. The summed E-state index contributed by atoms with van der Waals surface area (Å²) < 4.78 is 76.5. The summed E-state index contributed by atoms with van der Waals surface area (Å²) in [4.78, 5) is 11.0. The van der Waals surface area contributed by atoms with Crippen LogP contribution in [0.1, 0.15) is 54.2 Å². The van der Waals surface area contributed by atoms with Crippen LogP contribution in [0.3, 0.4) is 0 Å². The quantitative estimate of drug-likeness (QED) is 0.349. The fourth-order valence-corrected chi connectivity index (χ4v) is 4.32. The van der Waals surface area contributed by atoms with E-state index in [9.17, 15) is 22.0 Å². The van der Waals surface area contributed by atoms with Gasteiger partial charge in [0.1, 0.15) is 29.6 Å². The minimum Gasteiger partial charge on any atom is -0.496 e. The predicted octanol–water partition coefficient (Wildman–Crippen LogP) is 7.33. The number of imidazole rings is 1. The molecule has 1 saturated carbocycles. The lowest BCUT2D eigenvalue weighted by atomic mass is 9.86. The van der Waals surface area contributed by atoms with Gasteiger partial charge in [0.25, 0.3) is 0 Å². The highest BCUT2D eigenvalue weighted by Gasteiger charge is 2.37. The number of hydrogen-bond acceptors (Lipinski definition) is 4. The number of aryl methyl sites for hydroxylation is 1. The Morgan fingerprint density at radius 3 is 2.46 bits per heavy atom. The molecule has 0 radical (unpaired) electrons. The summed E-state index contributed by atoms with van der Waals surface area (Å²) in [5.74, 6) is -1.30. The molecule has 4 rings (SSSR count). The van der Waals surface area contributed by atoms with Gasteiger partial charge in [0.2, 0.25) is 5.92 Å². The van der Waals surface area contributed by atoms with Crippen LogP contribution >= 0.6 is 11.6 Å². The Bertz CT molecular complexity index is 1190. The fraction of sp³-hybridized carbons (Fsp3) is 0.417. The van der Waals surface area contributed by atoms with Crippen LogP contribution in [0.4, 0.5) is 22.0 Å². The maximum atomic E-state index is 13.5. The van der Waals surface area contributed by atoms with Crippen molar-refractivity contribution in [3.63, 3.8) is 0 Å². The molecule has 0 aliphatic heterocycles. The van der Waals surface area contributed by atoms with Crippen molar-refractivity contribution >= 4 is 11.6 Å². The number of nitrogens with one attached hydrogen (secondary N) is 1. The van der Waals surface area contributed by atoms with Crippen molar-refractivity contribution in [2.45, 2.75) is 57.2 Å². The largest absolute Gasteiger partial charge is 0.496 e. The molecule has 35 heavy (non-hydrogen) atoms. The maximum Gasteiger partial charge on any atom is 0.433 e. The monoisotopic (exact) mass is 515 g/mol. The Balaban J connectivity index is 1.53. The van der Waals surface area contributed by atoms with Gasteiger partial charge < -0.3 is 14.5 Å². The lowest BCUT2D eigenvalue weighted by molar-refractivity contribution is -0.141. The SMILES string of the molecule is COc1cc(OCc2ccc(C(F)(F)F)nc2)c(C)cc1-c1[nH]c(C2CCC(F)(F)CC2)nc1Cl. The van der Waals surface area contributed by atoms with Gasteiger partial charge in [0.15, 0.2) is 5.15 Å². The second-order valence-corrected chi connectivity index (χ2v) is 8.93. The first-order valence-corrected chi connectivity index (χ1v) is 11.3. The van der Waals surface area contributed by atoms with Crippen molar-refractivity contribution in [2.24, 2.45) is 0 Å². The molecule has 1 aliphatic rings. The van der Waals surface area contributed by atoms with Crippen LogP contribution in [-0.2, 0) is 12.8 Å². The van der Waals surface area contributed by atoms with E-state index < -0.39 is 17.8 Å². The predicted molar refractivity (Wildman–Crippen MR) is 120 cm³/mol. The number of benzene rings is 1. The van der Waals surface area contributed by atoms with E-state index in [0.29, 0.717) is 47.0 Å². The summed E-state index contributed by atoms with van der Waals surface area (Å²) in [5, 5.41) is 0.208. The van der Waals surface area contributed by atoms with Crippen molar-refractivity contribution in [2.75, 3.05) is 7.11 Å². The van der Waals surface area contributed by atoms with Crippen molar-refractivity contribution in [1.29, 1.82) is 0 Å². The number of aromatic nitrogens is 3. The van der Waals surface area contributed by atoms with E-state index in [-0.39, 0.29) is 30.5 Å². The first-order valence-electron chi connectivity index (χ1n) is 10.9. The van der Waals surface area contributed by atoms with Gasteiger partial charge in [0, 0.05) is 42.1 Å². The zero-order valence-corrected chi connectivity index (χ0v) is 19.7. The van der Waals surface area contributed by atoms with E-state index in [1.54, 1.807) is 19.1 Å². The number of alkyl halides is 5. The summed E-state index contributed by atoms with van der Waals surface area (Å²) in [7, 11) is 1.48. The van der Waals surface area contributed by atoms with Crippen LogP contribution in [0.15, 0.2) is 30.5 Å². The van der Waals surface area contributed by atoms with Gasteiger partial charge in [-0.1, -0.05) is 17.7 Å². The Morgan fingerprint density at radius 1 is 1.14 bits per heavy atom. The average molecular weight is 516 g/mol. The Hall–Kier alpha value is -2.88. The molecule has 1 N–H and O–H groups in total. The van der Waals surface area contributed by atoms with Gasteiger partial charge in [-0.05, 0) is 37.5 Å². The number of ether oxygens (including phenoxy) is 2. The first kappa shape index (κ1) is 25.2. The number of aromatic amines is 1. The molecule has 0 saturated heterocycles. The highest BCUT2D eigenvalue weighted by atomic mass is 35.5. The van der Waals surface area contributed by atoms with Crippen LogP contribution in [0.2, 0.25) is 5.15 Å². The maximum absolute atomic E-state index is 13.5. The van der Waals surface area contributed by atoms with E-state index in [1.807, 2.05) is 0 Å². The minimum absolute atomic E-state index is 0.00968. The van der Waals surface area contributed by atoms with Crippen molar-refractivity contribution in [3.8, 4) is 22.8 Å². The topological polar surface area (TPSA) is 60.0 Å². The Kier molecular flexibility index (Phi) is 6.95. The molecule has 2 heterocycles. The number of halogens is 6. The smallest absolute Gasteiger partial charge is 0.433 e. The molecule has 2 aromatic heterocycles. The van der Waals surface area contributed by atoms with Gasteiger partial charge in [-0.15, -0.1) is 0 Å². The van der Waals surface area contributed by atoms with Gasteiger partial charge in [-0.25, -0.2) is 13.8 Å². The average Bonchev–Trinajstić information content (AvgIpc) is 3.19. The van der Waals surface area contributed by atoms with E-state index in [2.05, 4.69) is 15.0 Å². The molecule has 5 nitrogen and oxygen atoms in total. The Morgan fingerprint density at radius 2 is 1.86 bits per heavy atom. The molecule has 11 heteroatoms. The van der Waals surface area contributed by atoms with E-state index in [1.165, 1.54) is 13.2 Å². The van der Waals surface area contributed by atoms with Crippen molar-refractivity contribution < 1.29 is 31.4 Å². The second kappa shape index (κ2) is 9.64. The van der Waals surface area contributed by atoms with Crippen LogP contribution in [0.5, 0.6) is 11.5 Å². The van der Waals surface area contributed by atoms with Crippen LogP contribution in [0.25, 0.3) is 11.3 Å². The molecule has 3 aromatic rings. The molecule has 0 spiro atoms. The lowest BCUT2D eigenvalue weighted by Gasteiger charge is -2.26. The molecule has 0 unspecified atom stereocenters. The third kappa shape index (κ3) is 5.69. The summed E-state index contributed by atoms with van der Waals surface area (Å²) in [6, 6.07) is 5.65. The van der Waals surface area contributed by atoms with Crippen LogP contribution < -0.4 is 9.47 Å². The fourth-order valence-electron chi connectivity index (χ4n) is 4.08. The van der Waals surface area contributed by atoms with Crippen molar-refractivity contribution in [3.05, 3.63) is 58.3 Å². The van der Waals surface area contributed by atoms with Gasteiger partial charge in [-0.3, -0.25) is 4.98 Å². The van der Waals surface area contributed by atoms with Crippen molar-refractivity contribution in [1.82, 2.24) is 15.0 Å². The molecular formula is C24H23ClF5N3O2. The highest BCUT2D eigenvalue weighted by molar-refractivity contribution is 6.32. The molecular weight excluding hydrogens is 493 g/mol. The second-order valence-electron chi connectivity index (χ2n) is 8.57. The third-order valence-corrected chi connectivity index (χ3v) is 6.33. The van der Waals surface area contributed by atoms with Gasteiger partial charge in [-0.2, -0.15) is 13.2 Å². The van der Waals surface area contributed by atoms with Gasteiger partial charge in [0.05, 0.1) is 12.8 Å². The molecule has 0 bridgehead atoms. The van der Waals surface area contributed by atoms with Crippen LogP contribution in [0, 0.1) is 6.92 Å². The van der Waals surface area contributed by atoms with E-state index in [4.69, 9.17) is 21.1 Å². The minimum atomic E-state index is -4.50. The number of H-pyrrole nitrogens is 1. The third-order valence-electron chi connectivity index (χ3n) is 6.06. The summed E-state index contributed by atoms with van der Waals surface area (Å²) in [6.45, 7) is 1.81. The zero-order chi connectivity index (χ0) is 25.4. The first-order chi connectivity index (χ1) is 16.5. The lowest BCUT2D eigenvalue weighted by Crippen LogP contribution is -2.24. The zero-order valence-electron chi connectivity index (χ0n) is 19.0. The standard InChI is InChI=1S/C24H23ClF5N3O2/c1-13-9-16(20-21(25)33-22(32-20)15-5-7-23(26,27)8-6-15)18(34-2)10-17(13)35-12-14-3-4-19(31-11-14)24(28,29)30/h3-4,9-11,15H,5-8,12H2,1-2H3,(H,32,33). The molecule has 0 atom stereocenters. The number of rotatable bonds is 6. The number of nitrogens with zero attached hydrogens (tertiary/aromatic N) is 2. The molecule has 1 aromatic carbocycles.